The highest BCUT2D eigenvalue weighted by molar-refractivity contribution is 6.35. The van der Waals surface area contributed by atoms with Crippen molar-refractivity contribution in [2.75, 3.05) is 7.05 Å². The first kappa shape index (κ1) is 13.9. The molecule has 3 aromatic rings. The van der Waals surface area contributed by atoms with Crippen LogP contribution >= 0.6 is 11.6 Å². The van der Waals surface area contributed by atoms with Crippen LogP contribution in [0.4, 0.5) is 0 Å². The zero-order valence-electron chi connectivity index (χ0n) is 11.6. The van der Waals surface area contributed by atoms with Gasteiger partial charge in [0.1, 0.15) is 11.3 Å². The van der Waals surface area contributed by atoms with Crippen molar-refractivity contribution in [2.24, 2.45) is 0 Å². The van der Waals surface area contributed by atoms with Gasteiger partial charge in [-0.1, -0.05) is 29.8 Å². The molecule has 1 N–H and O–H groups in total. The topological polar surface area (TPSA) is 34.1 Å². The fourth-order valence-corrected chi connectivity index (χ4v) is 2.47. The van der Waals surface area contributed by atoms with Crippen molar-refractivity contribution in [1.82, 2.24) is 10.3 Å². The molecule has 1 heterocycles. The second-order valence-corrected chi connectivity index (χ2v) is 5.09. The fourth-order valence-electron chi connectivity index (χ4n) is 2.25. The average molecular weight is 299 g/mol. The van der Waals surface area contributed by atoms with E-state index in [4.69, 9.17) is 16.3 Å². The molecule has 4 heteroatoms. The predicted molar refractivity (Wildman–Crippen MR) is 86.0 cm³/mol. The van der Waals surface area contributed by atoms with Gasteiger partial charge in [0.2, 0.25) is 0 Å². The van der Waals surface area contributed by atoms with Gasteiger partial charge in [-0.05, 0) is 37.4 Å². The molecule has 3 rings (SSSR count). The molecule has 21 heavy (non-hydrogen) atoms. The summed E-state index contributed by atoms with van der Waals surface area (Å²) in [6.45, 7) is 0.745. The maximum atomic E-state index is 6.21. The zero-order chi connectivity index (χ0) is 14.7. The van der Waals surface area contributed by atoms with Crippen LogP contribution in [0.3, 0.4) is 0 Å². The second-order valence-electron chi connectivity index (χ2n) is 4.69. The lowest BCUT2D eigenvalue weighted by atomic mass is 10.2. The predicted octanol–water partition coefficient (Wildman–Crippen LogP) is 4.40. The maximum absolute atomic E-state index is 6.21. The maximum Gasteiger partial charge on any atom is 0.153 e. The molecule has 0 unspecified atom stereocenters. The van der Waals surface area contributed by atoms with Crippen molar-refractivity contribution in [2.45, 2.75) is 6.54 Å². The molecule has 0 fully saturated rings. The number of nitrogens with zero attached hydrogens (tertiary/aromatic N) is 1. The van der Waals surface area contributed by atoms with Gasteiger partial charge in [-0.2, -0.15) is 0 Å². The van der Waals surface area contributed by atoms with E-state index in [1.165, 1.54) is 0 Å². The molecule has 0 aliphatic carbocycles. The summed E-state index contributed by atoms with van der Waals surface area (Å²) in [4.78, 5) is 4.39. The van der Waals surface area contributed by atoms with Gasteiger partial charge in [-0.15, -0.1) is 0 Å². The number of nitrogens with one attached hydrogen (secondary N) is 1. The van der Waals surface area contributed by atoms with Crippen LogP contribution in [-0.2, 0) is 6.54 Å². The van der Waals surface area contributed by atoms with E-state index >= 15 is 0 Å². The summed E-state index contributed by atoms with van der Waals surface area (Å²) in [5, 5.41) is 4.71. The Bertz CT molecular complexity index is 774. The first-order valence-electron chi connectivity index (χ1n) is 6.73. The van der Waals surface area contributed by atoms with Crippen LogP contribution in [0.15, 0.2) is 54.7 Å². The van der Waals surface area contributed by atoms with Crippen molar-refractivity contribution in [1.29, 1.82) is 0 Å². The van der Waals surface area contributed by atoms with Crippen molar-refractivity contribution in [3.63, 3.8) is 0 Å². The minimum Gasteiger partial charge on any atom is -0.455 e. The molecular formula is C17H15ClN2O. The Labute approximate surface area is 128 Å². The van der Waals surface area contributed by atoms with Crippen molar-refractivity contribution < 1.29 is 4.74 Å². The third-order valence-corrected chi connectivity index (χ3v) is 3.57. The number of benzene rings is 2. The monoisotopic (exact) mass is 298 g/mol. The molecule has 0 spiro atoms. The number of ether oxygens (including phenoxy) is 1. The minimum atomic E-state index is 0.675. The molecule has 1 aromatic heterocycles. The van der Waals surface area contributed by atoms with Crippen LogP contribution in [-0.4, -0.2) is 12.0 Å². The van der Waals surface area contributed by atoms with E-state index in [2.05, 4.69) is 10.3 Å². The van der Waals surface area contributed by atoms with E-state index < -0.39 is 0 Å². The number of rotatable bonds is 4. The number of aromatic nitrogens is 1. The summed E-state index contributed by atoms with van der Waals surface area (Å²) in [7, 11) is 1.91. The van der Waals surface area contributed by atoms with Crippen molar-refractivity contribution >= 4 is 22.5 Å². The van der Waals surface area contributed by atoms with Crippen molar-refractivity contribution in [3.05, 3.63) is 65.3 Å². The number of halogens is 1. The van der Waals surface area contributed by atoms with Gasteiger partial charge >= 0.3 is 0 Å². The number of fused-ring (bicyclic) bond motifs is 1. The van der Waals surface area contributed by atoms with Crippen LogP contribution in [0.2, 0.25) is 5.02 Å². The average Bonchev–Trinajstić information content (AvgIpc) is 2.52. The third kappa shape index (κ3) is 2.84. The fraction of sp³-hybridized carbons (Fsp3) is 0.118. The Kier molecular flexibility index (Phi) is 4.04. The van der Waals surface area contributed by atoms with Gasteiger partial charge in [0.25, 0.3) is 0 Å². The van der Waals surface area contributed by atoms with Gasteiger partial charge in [-0.25, -0.2) is 0 Å². The first-order valence-corrected chi connectivity index (χ1v) is 7.11. The molecule has 0 bridgehead atoms. The summed E-state index contributed by atoms with van der Waals surface area (Å²) < 4.78 is 6.07. The first-order chi connectivity index (χ1) is 10.3. The van der Waals surface area contributed by atoms with Crippen LogP contribution in [0.5, 0.6) is 11.5 Å². The molecule has 3 nitrogen and oxygen atoms in total. The quantitative estimate of drug-likeness (QED) is 0.775. The largest absolute Gasteiger partial charge is 0.455 e. The molecule has 0 amide bonds. The molecule has 0 aliphatic rings. The summed E-state index contributed by atoms with van der Waals surface area (Å²) in [5.41, 5.74) is 1.86. The Balaban J connectivity index is 2.05. The number of hydrogen-bond donors (Lipinski definition) is 1. The molecule has 2 aromatic carbocycles. The molecule has 106 valence electrons. The van der Waals surface area contributed by atoms with Crippen LogP contribution in [0, 0.1) is 0 Å². The summed E-state index contributed by atoms with van der Waals surface area (Å²) in [5.74, 6) is 1.53. The van der Waals surface area contributed by atoms with E-state index in [9.17, 15) is 0 Å². The van der Waals surface area contributed by atoms with Crippen LogP contribution in [0.25, 0.3) is 10.9 Å². The van der Waals surface area contributed by atoms with Crippen molar-refractivity contribution in [3.8, 4) is 11.5 Å². The lowest BCUT2D eigenvalue weighted by Gasteiger charge is -2.12. The van der Waals surface area contributed by atoms with E-state index in [1.807, 2.05) is 55.6 Å². The van der Waals surface area contributed by atoms with Gasteiger partial charge in [0.15, 0.2) is 5.75 Å². The van der Waals surface area contributed by atoms with E-state index in [0.29, 0.717) is 10.8 Å². The third-order valence-electron chi connectivity index (χ3n) is 3.24. The van der Waals surface area contributed by atoms with E-state index in [-0.39, 0.29) is 0 Å². The summed E-state index contributed by atoms with van der Waals surface area (Å²) in [6, 6.07) is 15.4. The van der Waals surface area contributed by atoms with Crippen LogP contribution in [0.1, 0.15) is 5.56 Å². The summed E-state index contributed by atoms with van der Waals surface area (Å²) in [6.07, 6.45) is 1.74. The molecule has 0 atom stereocenters. The molecule has 0 aliphatic heterocycles. The number of pyridine rings is 1. The van der Waals surface area contributed by atoms with Gasteiger partial charge in [0, 0.05) is 23.7 Å². The highest BCUT2D eigenvalue weighted by Crippen LogP contribution is 2.33. The standard InChI is InChI=1S/C17H15ClN2O/c1-19-11-12-5-2-3-7-15(12)21-16-9-8-14(18)13-6-4-10-20-17(13)16/h2-10,19H,11H2,1H3. The minimum absolute atomic E-state index is 0.675. The lowest BCUT2D eigenvalue weighted by Crippen LogP contribution is -2.06. The molecule has 0 saturated heterocycles. The Morgan fingerprint density at radius 1 is 1.05 bits per heavy atom. The van der Waals surface area contributed by atoms with Gasteiger partial charge in [-0.3, -0.25) is 4.98 Å². The van der Waals surface area contributed by atoms with Crippen LogP contribution < -0.4 is 10.1 Å². The lowest BCUT2D eigenvalue weighted by molar-refractivity contribution is 0.478. The Morgan fingerprint density at radius 3 is 2.76 bits per heavy atom. The number of para-hydroxylation sites is 1. The Hall–Kier alpha value is -2.10. The highest BCUT2D eigenvalue weighted by Gasteiger charge is 2.09. The number of hydrogen-bond acceptors (Lipinski definition) is 3. The SMILES string of the molecule is CNCc1ccccc1Oc1ccc(Cl)c2cccnc12. The molecule has 0 radical (unpaired) electrons. The molecular weight excluding hydrogens is 284 g/mol. The highest BCUT2D eigenvalue weighted by atomic mass is 35.5. The smallest absolute Gasteiger partial charge is 0.153 e. The molecule has 0 saturated carbocycles. The van der Waals surface area contributed by atoms with E-state index in [0.717, 1.165) is 28.8 Å². The van der Waals surface area contributed by atoms with E-state index in [1.54, 1.807) is 6.20 Å². The second kappa shape index (κ2) is 6.12. The van der Waals surface area contributed by atoms with Gasteiger partial charge in [0.05, 0.1) is 5.02 Å². The summed E-state index contributed by atoms with van der Waals surface area (Å²) >= 11 is 6.21. The normalized spacial score (nSPS) is 10.8. The zero-order valence-corrected chi connectivity index (χ0v) is 12.4. The van der Waals surface area contributed by atoms with Gasteiger partial charge < -0.3 is 10.1 Å². The Morgan fingerprint density at radius 2 is 1.90 bits per heavy atom.